The first kappa shape index (κ1) is 17.5. The van der Waals surface area contributed by atoms with Crippen molar-refractivity contribution in [2.75, 3.05) is 20.3 Å². The van der Waals surface area contributed by atoms with Crippen LogP contribution in [0.2, 0.25) is 0 Å². The highest BCUT2D eigenvalue weighted by Crippen LogP contribution is 2.35. The Kier molecular flexibility index (Phi) is 5.71. The number of hydrogen-bond acceptors (Lipinski definition) is 5. The second-order valence-electron chi connectivity index (χ2n) is 6.21. The van der Waals surface area contributed by atoms with Crippen molar-refractivity contribution in [3.05, 3.63) is 48.0 Å². The molecule has 1 aliphatic carbocycles. The summed E-state index contributed by atoms with van der Waals surface area (Å²) in [7, 11) is 1.66. The van der Waals surface area contributed by atoms with Crippen molar-refractivity contribution in [2.45, 2.75) is 38.3 Å². The number of nitrogens with zero attached hydrogens (tertiary/aromatic N) is 2. The standard InChI is InChI=1S/C19H24N2O4/c1-14(17-5-3-11-24-17)21(16-7-8-16)19(22)15-6-9-18(20-13-15)25-12-4-10-23-2/h3,5-6,9,11,13-14,16H,4,7-8,10,12H2,1-2H3/t14-/m1/s1. The Labute approximate surface area is 147 Å². The van der Waals surface area contributed by atoms with E-state index in [0.29, 0.717) is 24.7 Å². The van der Waals surface area contributed by atoms with Crippen molar-refractivity contribution < 1.29 is 18.7 Å². The van der Waals surface area contributed by atoms with Crippen LogP contribution < -0.4 is 4.74 Å². The first-order valence-electron chi connectivity index (χ1n) is 8.64. The van der Waals surface area contributed by atoms with Crippen LogP contribution >= 0.6 is 0 Å². The molecule has 1 fully saturated rings. The van der Waals surface area contributed by atoms with Crippen molar-refractivity contribution >= 4 is 5.91 Å². The van der Waals surface area contributed by atoms with Crippen LogP contribution in [-0.4, -0.2) is 42.2 Å². The Bertz CT molecular complexity index is 665. The molecule has 6 heteroatoms. The number of carbonyl (C=O) groups excluding carboxylic acids is 1. The average Bonchev–Trinajstić information content (AvgIpc) is 3.31. The van der Waals surface area contributed by atoms with E-state index < -0.39 is 0 Å². The summed E-state index contributed by atoms with van der Waals surface area (Å²) in [4.78, 5) is 19.1. The van der Waals surface area contributed by atoms with Gasteiger partial charge in [-0.3, -0.25) is 4.79 Å². The molecule has 2 aromatic heterocycles. The Balaban J connectivity index is 1.66. The maximum Gasteiger partial charge on any atom is 0.256 e. The molecule has 2 heterocycles. The molecule has 1 amide bonds. The molecule has 0 aromatic carbocycles. The maximum atomic E-state index is 13.0. The molecule has 0 unspecified atom stereocenters. The monoisotopic (exact) mass is 344 g/mol. The van der Waals surface area contributed by atoms with E-state index in [1.807, 2.05) is 24.0 Å². The number of furan rings is 1. The van der Waals surface area contributed by atoms with Gasteiger partial charge in [-0.15, -0.1) is 0 Å². The molecule has 0 spiro atoms. The molecule has 1 saturated carbocycles. The SMILES string of the molecule is COCCCOc1ccc(C(=O)N(C2CC2)[C@H](C)c2ccco2)cn1. The lowest BCUT2D eigenvalue weighted by Crippen LogP contribution is -2.35. The van der Waals surface area contributed by atoms with Gasteiger partial charge in [0.1, 0.15) is 5.76 Å². The number of carbonyl (C=O) groups is 1. The molecule has 0 N–H and O–H groups in total. The minimum absolute atomic E-state index is 0.0233. The van der Waals surface area contributed by atoms with Gasteiger partial charge in [-0.25, -0.2) is 4.98 Å². The lowest BCUT2D eigenvalue weighted by atomic mass is 10.1. The molecular weight excluding hydrogens is 320 g/mol. The molecule has 0 bridgehead atoms. The minimum Gasteiger partial charge on any atom is -0.478 e. The fourth-order valence-corrected chi connectivity index (χ4v) is 2.80. The van der Waals surface area contributed by atoms with Crippen LogP contribution in [0.25, 0.3) is 0 Å². The van der Waals surface area contributed by atoms with E-state index in [2.05, 4.69) is 4.98 Å². The summed E-state index contributed by atoms with van der Waals surface area (Å²) < 4.78 is 16.0. The highest BCUT2D eigenvalue weighted by atomic mass is 16.5. The molecule has 0 radical (unpaired) electrons. The van der Waals surface area contributed by atoms with E-state index in [9.17, 15) is 4.79 Å². The number of methoxy groups -OCH3 is 1. The summed E-state index contributed by atoms with van der Waals surface area (Å²) >= 11 is 0. The van der Waals surface area contributed by atoms with E-state index in [-0.39, 0.29) is 18.0 Å². The van der Waals surface area contributed by atoms with Crippen LogP contribution in [0.3, 0.4) is 0 Å². The predicted octanol–water partition coefficient (Wildman–Crippen LogP) is 3.46. The first-order valence-corrected chi connectivity index (χ1v) is 8.64. The molecule has 1 atom stereocenters. The van der Waals surface area contributed by atoms with Crippen LogP contribution in [0.1, 0.15) is 48.3 Å². The molecule has 25 heavy (non-hydrogen) atoms. The van der Waals surface area contributed by atoms with E-state index >= 15 is 0 Å². The fraction of sp³-hybridized carbons (Fsp3) is 0.474. The summed E-state index contributed by atoms with van der Waals surface area (Å²) in [5, 5.41) is 0. The zero-order valence-electron chi connectivity index (χ0n) is 14.7. The summed E-state index contributed by atoms with van der Waals surface area (Å²) in [5.41, 5.74) is 0.564. The molecule has 1 aliphatic rings. The van der Waals surface area contributed by atoms with Gasteiger partial charge in [0.15, 0.2) is 0 Å². The second kappa shape index (κ2) is 8.16. The van der Waals surface area contributed by atoms with Crippen molar-refractivity contribution in [3.63, 3.8) is 0 Å². The number of amides is 1. The van der Waals surface area contributed by atoms with Gasteiger partial charge in [-0.2, -0.15) is 0 Å². The Morgan fingerprint density at radius 1 is 1.36 bits per heavy atom. The largest absolute Gasteiger partial charge is 0.478 e. The molecule has 0 aliphatic heterocycles. The Morgan fingerprint density at radius 2 is 2.20 bits per heavy atom. The van der Waals surface area contributed by atoms with Gasteiger partial charge < -0.3 is 18.8 Å². The maximum absolute atomic E-state index is 13.0. The zero-order valence-corrected chi connectivity index (χ0v) is 14.7. The van der Waals surface area contributed by atoms with Crippen molar-refractivity contribution in [1.82, 2.24) is 9.88 Å². The summed E-state index contributed by atoms with van der Waals surface area (Å²) in [6, 6.07) is 7.44. The molecular formula is C19H24N2O4. The van der Waals surface area contributed by atoms with Gasteiger partial charge in [0.2, 0.25) is 5.88 Å². The van der Waals surface area contributed by atoms with E-state index in [1.165, 1.54) is 0 Å². The highest BCUT2D eigenvalue weighted by Gasteiger charge is 2.37. The Morgan fingerprint density at radius 3 is 2.80 bits per heavy atom. The molecule has 134 valence electrons. The quantitative estimate of drug-likeness (QED) is 0.652. The number of ether oxygens (including phenoxy) is 2. The summed E-state index contributed by atoms with van der Waals surface area (Å²) in [6.07, 6.45) is 6.09. The topological polar surface area (TPSA) is 64.8 Å². The molecule has 0 saturated heterocycles. The molecule has 3 rings (SSSR count). The third-order valence-electron chi connectivity index (χ3n) is 4.27. The number of hydrogen-bond donors (Lipinski definition) is 0. The van der Waals surface area contributed by atoms with Crippen molar-refractivity contribution in [1.29, 1.82) is 0 Å². The summed E-state index contributed by atoms with van der Waals surface area (Å²) in [5.74, 6) is 1.29. The van der Waals surface area contributed by atoms with Crippen LogP contribution in [0.5, 0.6) is 5.88 Å². The van der Waals surface area contributed by atoms with Crippen molar-refractivity contribution in [2.24, 2.45) is 0 Å². The zero-order chi connectivity index (χ0) is 17.6. The lowest BCUT2D eigenvalue weighted by Gasteiger charge is -2.28. The van der Waals surface area contributed by atoms with Gasteiger partial charge in [0, 0.05) is 38.4 Å². The number of pyridine rings is 1. The Hall–Kier alpha value is -2.34. The van der Waals surface area contributed by atoms with E-state index in [4.69, 9.17) is 13.9 Å². The van der Waals surface area contributed by atoms with E-state index in [0.717, 1.165) is 25.0 Å². The van der Waals surface area contributed by atoms with Gasteiger partial charge in [0.05, 0.1) is 24.5 Å². The minimum atomic E-state index is -0.0972. The van der Waals surface area contributed by atoms with E-state index in [1.54, 1.807) is 31.7 Å². The first-order chi connectivity index (χ1) is 12.2. The van der Waals surface area contributed by atoms with Crippen molar-refractivity contribution in [3.8, 4) is 5.88 Å². The fourth-order valence-electron chi connectivity index (χ4n) is 2.80. The molecule has 2 aromatic rings. The van der Waals surface area contributed by atoms with Crippen LogP contribution in [0.4, 0.5) is 0 Å². The average molecular weight is 344 g/mol. The van der Waals surface area contributed by atoms with Gasteiger partial charge in [-0.05, 0) is 38.0 Å². The number of rotatable bonds is 9. The van der Waals surface area contributed by atoms with Gasteiger partial charge >= 0.3 is 0 Å². The number of aromatic nitrogens is 1. The predicted molar refractivity (Wildman–Crippen MR) is 92.5 cm³/mol. The van der Waals surface area contributed by atoms with Gasteiger partial charge in [0.25, 0.3) is 5.91 Å². The third kappa shape index (κ3) is 4.39. The van der Waals surface area contributed by atoms with Gasteiger partial charge in [-0.1, -0.05) is 0 Å². The lowest BCUT2D eigenvalue weighted by molar-refractivity contribution is 0.0652. The smallest absolute Gasteiger partial charge is 0.256 e. The highest BCUT2D eigenvalue weighted by molar-refractivity contribution is 5.94. The van der Waals surface area contributed by atoms with Crippen LogP contribution in [-0.2, 0) is 4.74 Å². The normalized spacial score (nSPS) is 15.0. The second-order valence-corrected chi connectivity index (χ2v) is 6.21. The van der Waals surface area contributed by atoms with Crippen LogP contribution in [0.15, 0.2) is 41.1 Å². The molecule has 6 nitrogen and oxygen atoms in total. The summed E-state index contributed by atoms with van der Waals surface area (Å²) in [6.45, 7) is 3.19. The van der Waals surface area contributed by atoms with Crippen LogP contribution in [0, 0.1) is 0 Å². The third-order valence-corrected chi connectivity index (χ3v) is 4.27.